The molecule has 0 N–H and O–H groups in total. The van der Waals surface area contributed by atoms with E-state index in [9.17, 15) is 4.79 Å². The number of esters is 1. The summed E-state index contributed by atoms with van der Waals surface area (Å²) in [6.45, 7) is 6.27. The zero-order chi connectivity index (χ0) is 21.6. The molecule has 1 aromatic carbocycles. The Morgan fingerprint density at radius 2 is 2.00 bits per heavy atom. The largest absolute Gasteiger partial charge is 0.491 e. The number of piperidine rings is 1. The van der Waals surface area contributed by atoms with Gasteiger partial charge in [-0.3, -0.25) is 4.90 Å². The average Bonchev–Trinajstić information content (AvgIpc) is 3.25. The Morgan fingerprint density at radius 3 is 2.74 bits per heavy atom. The predicted molar refractivity (Wildman–Crippen MR) is 119 cm³/mol. The SMILES string of the molecule is CC(C)Oc1ccc(-c2nc(C(=O)OC3CCCN(Cc4ncccn4)C3)cs2)cc1. The summed E-state index contributed by atoms with van der Waals surface area (Å²) >= 11 is 1.44. The summed E-state index contributed by atoms with van der Waals surface area (Å²) in [5.74, 6) is 1.23. The second-order valence-corrected chi connectivity index (χ2v) is 8.66. The lowest BCUT2D eigenvalue weighted by Gasteiger charge is -2.31. The second-order valence-electron chi connectivity index (χ2n) is 7.80. The molecule has 0 bridgehead atoms. The molecule has 1 fully saturated rings. The lowest BCUT2D eigenvalue weighted by atomic mass is 10.1. The molecular formula is C23H26N4O3S. The predicted octanol–water partition coefficient (Wildman–Crippen LogP) is 4.21. The topological polar surface area (TPSA) is 77.4 Å². The molecule has 2 aromatic heterocycles. The molecule has 1 aliphatic heterocycles. The quantitative estimate of drug-likeness (QED) is 0.511. The number of nitrogens with zero attached hydrogens (tertiary/aromatic N) is 4. The summed E-state index contributed by atoms with van der Waals surface area (Å²) < 4.78 is 11.4. The van der Waals surface area contributed by atoms with E-state index in [0.717, 1.165) is 41.5 Å². The molecule has 162 valence electrons. The van der Waals surface area contributed by atoms with Gasteiger partial charge in [-0.05, 0) is 63.6 Å². The lowest BCUT2D eigenvalue weighted by Crippen LogP contribution is -2.40. The van der Waals surface area contributed by atoms with Gasteiger partial charge in [-0.1, -0.05) is 0 Å². The third-order valence-corrected chi connectivity index (χ3v) is 5.80. The monoisotopic (exact) mass is 438 g/mol. The van der Waals surface area contributed by atoms with Crippen LogP contribution in [-0.2, 0) is 11.3 Å². The maximum atomic E-state index is 12.7. The Bertz CT molecular complexity index is 992. The van der Waals surface area contributed by atoms with Crippen LogP contribution in [0.2, 0.25) is 0 Å². The molecular weight excluding hydrogens is 412 g/mol. The van der Waals surface area contributed by atoms with Crippen LogP contribution < -0.4 is 4.74 Å². The molecule has 0 radical (unpaired) electrons. The van der Waals surface area contributed by atoms with E-state index in [1.165, 1.54) is 11.3 Å². The Morgan fingerprint density at radius 1 is 1.23 bits per heavy atom. The van der Waals surface area contributed by atoms with E-state index in [4.69, 9.17) is 9.47 Å². The minimum absolute atomic E-state index is 0.128. The number of benzene rings is 1. The maximum Gasteiger partial charge on any atom is 0.358 e. The minimum atomic E-state index is -0.370. The van der Waals surface area contributed by atoms with Gasteiger partial charge in [0.15, 0.2) is 5.69 Å². The fraction of sp³-hybridized carbons (Fsp3) is 0.391. The molecule has 0 amide bonds. The summed E-state index contributed by atoms with van der Waals surface area (Å²) in [5.41, 5.74) is 1.30. The Balaban J connectivity index is 1.34. The van der Waals surface area contributed by atoms with E-state index in [0.29, 0.717) is 18.8 Å². The van der Waals surface area contributed by atoms with Crippen LogP contribution >= 0.6 is 11.3 Å². The molecule has 8 heteroatoms. The van der Waals surface area contributed by atoms with Crippen molar-refractivity contribution in [2.75, 3.05) is 13.1 Å². The molecule has 3 aromatic rings. The first-order valence-corrected chi connectivity index (χ1v) is 11.4. The highest BCUT2D eigenvalue weighted by molar-refractivity contribution is 7.13. The number of hydrogen-bond acceptors (Lipinski definition) is 8. The van der Waals surface area contributed by atoms with Crippen LogP contribution in [0.4, 0.5) is 0 Å². The number of ether oxygens (including phenoxy) is 2. The van der Waals surface area contributed by atoms with E-state index >= 15 is 0 Å². The summed E-state index contributed by atoms with van der Waals surface area (Å²) in [4.78, 5) is 27.9. The van der Waals surface area contributed by atoms with Crippen molar-refractivity contribution < 1.29 is 14.3 Å². The zero-order valence-electron chi connectivity index (χ0n) is 17.7. The molecule has 1 atom stereocenters. The van der Waals surface area contributed by atoms with Crippen LogP contribution in [0.5, 0.6) is 5.75 Å². The van der Waals surface area contributed by atoms with Crippen molar-refractivity contribution in [3.63, 3.8) is 0 Å². The first-order valence-electron chi connectivity index (χ1n) is 10.5. The summed E-state index contributed by atoms with van der Waals surface area (Å²) in [5, 5.41) is 2.55. The maximum absolute atomic E-state index is 12.7. The number of carbonyl (C=O) groups is 1. The van der Waals surface area contributed by atoms with Gasteiger partial charge in [0.25, 0.3) is 0 Å². The number of carbonyl (C=O) groups excluding carboxylic acids is 1. The fourth-order valence-corrected chi connectivity index (χ4v) is 4.32. The van der Waals surface area contributed by atoms with E-state index in [-0.39, 0.29) is 18.2 Å². The molecule has 4 rings (SSSR count). The summed E-state index contributed by atoms with van der Waals surface area (Å²) in [6, 6.07) is 9.55. The molecule has 1 saturated heterocycles. The summed E-state index contributed by atoms with van der Waals surface area (Å²) in [7, 11) is 0. The standard InChI is InChI=1S/C23H26N4O3S/c1-16(2)29-18-8-6-17(7-9-18)22-26-20(15-31-22)23(28)30-19-5-3-12-27(13-19)14-21-24-10-4-11-25-21/h4,6-11,15-16,19H,3,5,12-14H2,1-2H3. The van der Waals surface area contributed by atoms with Gasteiger partial charge in [-0.15, -0.1) is 11.3 Å². The number of aromatic nitrogens is 3. The molecule has 0 spiro atoms. The normalized spacial score (nSPS) is 16.9. The summed E-state index contributed by atoms with van der Waals surface area (Å²) in [6.07, 6.45) is 5.29. The van der Waals surface area contributed by atoms with E-state index in [1.54, 1.807) is 23.8 Å². The van der Waals surface area contributed by atoms with Crippen LogP contribution in [-0.4, -0.2) is 51.1 Å². The van der Waals surface area contributed by atoms with Crippen molar-refractivity contribution in [2.24, 2.45) is 0 Å². The van der Waals surface area contributed by atoms with Crippen LogP contribution in [0.25, 0.3) is 10.6 Å². The average molecular weight is 439 g/mol. The van der Waals surface area contributed by atoms with Crippen molar-refractivity contribution in [1.82, 2.24) is 19.9 Å². The lowest BCUT2D eigenvalue weighted by molar-refractivity contribution is 0.00475. The molecule has 3 heterocycles. The van der Waals surface area contributed by atoms with E-state index in [2.05, 4.69) is 19.9 Å². The molecule has 1 unspecified atom stereocenters. The second kappa shape index (κ2) is 9.98. The Kier molecular flexibility index (Phi) is 6.89. The van der Waals surface area contributed by atoms with Gasteiger partial charge >= 0.3 is 5.97 Å². The van der Waals surface area contributed by atoms with Gasteiger partial charge in [0.2, 0.25) is 0 Å². The van der Waals surface area contributed by atoms with E-state index < -0.39 is 0 Å². The minimum Gasteiger partial charge on any atom is -0.491 e. The molecule has 31 heavy (non-hydrogen) atoms. The number of rotatable bonds is 7. The highest BCUT2D eigenvalue weighted by Crippen LogP contribution is 2.27. The fourth-order valence-electron chi connectivity index (χ4n) is 3.52. The van der Waals surface area contributed by atoms with Gasteiger partial charge < -0.3 is 9.47 Å². The van der Waals surface area contributed by atoms with Gasteiger partial charge in [-0.2, -0.15) is 0 Å². The zero-order valence-corrected chi connectivity index (χ0v) is 18.5. The Labute approximate surface area is 186 Å². The van der Waals surface area contributed by atoms with Crippen LogP contribution in [0.3, 0.4) is 0 Å². The van der Waals surface area contributed by atoms with Gasteiger partial charge in [-0.25, -0.2) is 19.7 Å². The van der Waals surface area contributed by atoms with Crippen molar-refractivity contribution >= 4 is 17.3 Å². The molecule has 0 aliphatic carbocycles. The van der Waals surface area contributed by atoms with Gasteiger partial charge in [0.1, 0.15) is 22.7 Å². The third kappa shape index (κ3) is 5.86. The molecule has 1 aliphatic rings. The van der Waals surface area contributed by atoms with Crippen LogP contribution in [0.1, 0.15) is 43.0 Å². The van der Waals surface area contributed by atoms with Gasteiger partial charge in [0, 0.05) is 29.9 Å². The third-order valence-electron chi connectivity index (χ3n) is 4.91. The first kappa shape index (κ1) is 21.4. The van der Waals surface area contributed by atoms with Crippen molar-refractivity contribution in [3.8, 4) is 16.3 Å². The number of likely N-dealkylation sites (tertiary alicyclic amines) is 1. The van der Waals surface area contributed by atoms with Crippen molar-refractivity contribution in [3.05, 3.63) is 59.6 Å². The van der Waals surface area contributed by atoms with Crippen molar-refractivity contribution in [1.29, 1.82) is 0 Å². The van der Waals surface area contributed by atoms with E-state index in [1.807, 2.05) is 38.1 Å². The molecule has 7 nitrogen and oxygen atoms in total. The molecule has 0 saturated carbocycles. The van der Waals surface area contributed by atoms with Crippen LogP contribution in [0.15, 0.2) is 48.1 Å². The van der Waals surface area contributed by atoms with Crippen LogP contribution in [0, 0.1) is 0 Å². The first-order chi connectivity index (χ1) is 15.1. The smallest absolute Gasteiger partial charge is 0.358 e. The highest BCUT2D eigenvalue weighted by atomic mass is 32.1. The van der Waals surface area contributed by atoms with Gasteiger partial charge in [0.05, 0.1) is 12.6 Å². The Hall–Kier alpha value is -2.84. The highest BCUT2D eigenvalue weighted by Gasteiger charge is 2.25. The number of thiazole rings is 1. The van der Waals surface area contributed by atoms with Crippen molar-refractivity contribution in [2.45, 2.75) is 45.4 Å². The number of hydrogen-bond donors (Lipinski definition) is 0.